The van der Waals surface area contributed by atoms with Gasteiger partial charge in [0.25, 0.3) is 5.56 Å². The first-order valence-corrected chi connectivity index (χ1v) is 12.8. The van der Waals surface area contributed by atoms with Crippen molar-refractivity contribution in [1.82, 2.24) is 4.57 Å². The zero-order chi connectivity index (χ0) is 25.8. The number of aromatic nitrogens is 1. The highest BCUT2D eigenvalue weighted by atomic mass is 79.9. The lowest BCUT2D eigenvalue weighted by atomic mass is 9.95. The third-order valence-corrected chi connectivity index (χ3v) is 7.23. The van der Waals surface area contributed by atoms with Gasteiger partial charge in [0.15, 0.2) is 16.3 Å². The van der Waals surface area contributed by atoms with E-state index in [1.807, 2.05) is 43.3 Å². The van der Waals surface area contributed by atoms with Gasteiger partial charge < -0.3 is 14.2 Å². The Hall–Kier alpha value is -3.43. The first-order valence-electron chi connectivity index (χ1n) is 11.2. The average molecular weight is 569 g/mol. The van der Waals surface area contributed by atoms with E-state index in [2.05, 4.69) is 27.5 Å². The van der Waals surface area contributed by atoms with Crippen molar-refractivity contribution >= 4 is 39.3 Å². The van der Waals surface area contributed by atoms with Crippen molar-refractivity contribution in [3.63, 3.8) is 0 Å². The van der Waals surface area contributed by atoms with E-state index >= 15 is 0 Å². The summed E-state index contributed by atoms with van der Waals surface area (Å²) in [5.41, 5.74) is 2.29. The molecule has 0 bridgehead atoms. The molecule has 1 atom stereocenters. The van der Waals surface area contributed by atoms with Crippen molar-refractivity contribution in [2.45, 2.75) is 19.4 Å². The summed E-state index contributed by atoms with van der Waals surface area (Å²) >= 11 is 4.81. The summed E-state index contributed by atoms with van der Waals surface area (Å²) in [6.45, 7) is 5.93. The Bertz CT molecular complexity index is 1520. The number of hydrogen-bond donors (Lipinski definition) is 0. The Balaban J connectivity index is 1.93. The van der Waals surface area contributed by atoms with Crippen LogP contribution in [0, 0.1) is 0 Å². The molecule has 0 fully saturated rings. The number of thiazole rings is 1. The predicted molar refractivity (Wildman–Crippen MR) is 143 cm³/mol. The minimum Gasteiger partial charge on any atom is -0.493 e. The first kappa shape index (κ1) is 25.7. The van der Waals surface area contributed by atoms with E-state index in [1.165, 1.54) is 18.4 Å². The van der Waals surface area contributed by atoms with Gasteiger partial charge in [0.1, 0.15) is 6.61 Å². The monoisotopic (exact) mass is 568 g/mol. The smallest absolute Gasteiger partial charge is 0.338 e. The molecule has 0 amide bonds. The lowest BCUT2D eigenvalue weighted by molar-refractivity contribution is -0.136. The fraction of sp³-hybridized carbons (Fsp3) is 0.222. The van der Waals surface area contributed by atoms with Gasteiger partial charge in [-0.2, -0.15) is 0 Å². The molecule has 0 unspecified atom stereocenters. The molecule has 0 aliphatic carbocycles. The number of halogens is 1. The molecule has 186 valence electrons. The number of hydrogen-bond acceptors (Lipinski definition) is 7. The SMILES string of the molecule is C=CCOc1c(Br)cc(/C=c2\sc3n(c2=O)[C@@H](c2ccccc2)C(C(=O)OC)=C(CC)N=3)cc1OC. The van der Waals surface area contributed by atoms with Crippen LogP contribution in [0.1, 0.15) is 30.5 Å². The van der Waals surface area contributed by atoms with Crippen LogP contribution in [0.4, 0.5) is 0 Å². The molecule has 0 spiro atoms. The Morgan fingerprint density at radius 1 is 1.25 bits per heavy atom. The Morgan fingerprint density at radius 3 is 2.64 bits per heavy atom. The molecule has 1 aromatic heterocycles. The number of fused-ring (bicyclic) bond motifs is 1. The maximum absolute atomic E-state index is 13.7. The van der Waals surface area contributed by atoms with Crippen LogP contribution in [-0.2, 0) is 9.53 Å². The summed E-state index contributed by atoms with van der Waals surface area (Å²) in [6.07, 6.45) is 3.95. The third kappa shape index (κ3) is 4.81. The van der Waals surface area contributed by atoms with Gasteiger partial charge in [-0.25, -0.2) is 9.79 Å². The van der Waals surface area contributed by atoms with Crippen molar-refractivity contribution in [2.24, 2.45) is 4.99 Å². The molecule has 0 N–H and O–H groups in total. The van der Waals surface area contributed by atoms with E-state index in [-0.39, 0.29) is 5.56 Å². The lowest BCUT2D eigenvalue weighted by Gasteiger charge is -2.25. The van der Waals surface area contributed by atoms with Gasteiger partial charge in [-0.15, -0.1) is 0 Å². The van der Waals surface area contributed by atoms with E-state index in [4.69, 9.17) is 14.2 Å². The fourth-order valence-electron chi connectivity index (χ4n) is 4.07. The fourth-order valence-corrected chi connectivity index (χ4v) is 5.67. The van der Waals surface area contributed by atoms with Gasteiger partial charge in [0.05, 0.1) is 40.5 Å². The van der Waals surface area contributed by atoms with E-state index in [1.54, 1.807) is 29.9 Å². The molecule has 2 aromatic carbocycles. The van der Waals surface area contributed by atoms with Crippen LogP contribution >= 0.6 is 27.3 Å². The summed E-state index contributed by atoms with van der Waals surface area (Å²) in [7, 11) is 2.89. The van der Waals surface area contributed by atoms with Crippen molar-refractivity contribution in [1.29, 1.82) is 0 Å². The van der Waals surface area contributed by atoms with Crippen LogP contribution in [0.15, 0.2) is 80.6 Å². The van der Waals surface area contributed by atoms with Crippen LogP contribution in [0.3, 0.4) is 0 Å². The van der Waals surface area contributed by atoms with Crippen molar-refractivity contribution in [3.05, 3.63) is 102 Å². The molecule has 1 aliphatic rings. The van der Waals surface area contributed by atoms with Crippen LogP contribution in [0.25, 0.3) is 6.08 Å². The number of carbonyl (C=O) groups is 1. The molecular weight excluding hydrogens is 544 g/mol. The number of esters is 1. The zero-order valence-electron chi connectivity index (χ0n) is 20.1. The van der Waals surface area contributed by atoms with E-state index in [0.717, 1.165) is 11.1 Å². The summed E-state index contributed by atoms with van der Waals surface area (Å²) in [5, 5.41) is 0. The molecule has 2 heterocycles. The number of rotatable bonds is 8. The minimum atomic E-state index is -0.636. The van der Waals surface area contributed by atoms with E-state index < -0.39 is 12.0 Å². The van der Waals surface area contributed by atoms with Crippen LogP contribution in [0.2, 0.25) is 0 Å². The number of methoxy groups -OCH3 is 2. The lowest BCUT2D eigenvalue weighted by Crippen LogP contribution is -2.40. The average Bonchev–Trinajstić information content (AvgIpc) is 3.20. The Morgan fingerprint density at radius 2 is 2.00 bits per heavy atom. The second-order valence-corrected chi connectivity index (χ2v) is 9.70. The molecule has 0 radical (unpaired) electrons. The van der Waals surface area contributed by atoms with Gasteiger partial charge in [-0.05, 0) is 51.7 Å². The normalized spacial score (nSPS) is 15.2. The van der Waals surface area contributed by atoms with Gasteiger partial charge in [0.2, 0.25) is 0 Å². The molecule has 7 nitrogen and oxygen atoms in total. The predicted octanol–water partition coefficient (Wildman–Crippen LogP) is 4.13. The molecule has 4 rings (SSSR count). The number of nitrogens with zero attached hydrogens (tertiary/aromatic N) is 2. The molecule has 36 heavy (non-hydrogen) atoms. The maximum atomic E-state index is 13.7. The van der Waals surface area contributed by atoms with Gasteiger partial charge in [0, 0.05) is 0 Å². The van der Waals surface area contributed by atoms with E-state index in [0.29, 0.717) is 49.6 Å². The molecule has 3 aromatic rings. The zero-order valence-corrected chi connectivity index (χ0v) is 22.5. The molecular formula is C27H25BrN2O5S. The second-order valence-electron chi connectivity index (χ2n) is 7.83. The number of carbonyl (C=O) groups excluding carboxylic acids is 1. The van der Waals surface area contributed by atoms with Crippen LogP contribution in [-0.4, -0.2) is 31.4 Å². The van der Waals surface area contributed by atoms with E-state index in [9.17, 15) is 9.59 Å². The van der Waals surface area contributed by atoms with Crippen LogP contribution in [0.5, 0.6) is 11.5 Å². The highest BCUT2D eigenvalue weighted by Crippen LogP contribution is 2.37. The summed E-state index contributed by atoms with van der Waals surface area (Å²) < 4.78 is 19.0. The molecule has 0 saturated heterocycles. The van der Waals surface area contributed by atoms with Crippen LogP contribution < -0.4 is 24.4 Å². The number of allylic oxidation sites excluding steroid dienone is 1. The Labute approximate surface area is 220 Å². The highest BCUT2D eigenvalue weighted by molar-refractivity contribution is 9.10. The second kappa shape index (κ2) is 11.1. The largest absolute Gasteiger partial charge is 0.493 e. The van der Waals surface area contributed by atoms with Gasteiger partial charge >= 0.3 is 5.97 Å². The topological polar surface area (TPSA) is 79.1 Å². The Kier molecular flexibility index (Phi) is 7.91. The van der Waals surface area contributed by atoms with Crippen molar-refractivity contribution in [2.75, 3.05) is 20.8 Å². The van der Waals surface area contributed by atoms with Crippen molar-refractivity contribution in [3.8, 4) is 11.5 Å². The number of benzene rings is 2. The minimum absolute atomic E-state index is 0.244. The summed E-state index contributed by atoms with van der Waals surface area (Å²) in [4.78, 5) is 31.8. The van der Waals surface area contributed by atoms with Gasteiger partial charge in [-0.1, -0.05) is 61.2 Å². The number of ether oxygens (including phenoxy) is 3. The first-order chi connectivity index (χ1) is 17.4. The highest BCUT2D eigenvalue weighted by Gasteiger charge is 2.33. The third-order valence-electron chi connectivity index (χ3n) is 5.66. The quantitative estimate of drug-likeness (QED) is 0.301. The van der Waals surface area contributed by atoms with Gasteiger partial charge in [-0.3, -0.25) is 9.36 Å². The van der Waals surface area contributed by atoms with Crippen molar-refractivity contribution < 1.29 is 19.0 Å². The molecule has 1 aliphatic heterocycles. The standard InChI is InChI=1S/C27H25BrN2O5S/c1-5-12-35-24-18(28)13-16(14-20(24)33-3)15-21-25(31)30-23(17-10-8-7-9-11-17)22(26(32)34-4)19(6-2)29-27(30)36-21/h5,7-11,13-15,23H,1,6,12H2,2-4H3/b21-15-/t23-/m0/s1. The maximum Gasteiger partial charge on any atom is 0.338 e. The summed E-state index contributed by atoms with van der Waals surface area (Å²) in [6, 6.07) is 12.5. The molecule has 0 saturated carbocycles. The summed E-state index contributed by atoms with van der Waals surface area (Å²) in [5.74, 6) is 0.576. The molecule has 9 heteroatoms.